The van der Waals surface area contributed by atoms with E-state index in [1.54, 1.807) is 6.92 Å². The van der Waals surface area contributed by atoms with Crippen LogP contribution in [0.3, 0.4) is 0 Å². The maximum Gasteiger partial charge on any atom is 0.0962 e. The molecule has 3 nitrogen and oxygen atoms in total. The van der Waals surface area contributed by atoms with Crippen LogP contribution in [0.15, 0.2) is 0 Å². The fourth-order valence-electron chi connectivity index (χ4n) is 0.856. The Morgan fingerprint density at radius 3 is 2.56 bits per heavy atom. The van der Waals surface area contributed by atoms with Gasteiger partial charge in [-0.1, -0.05) is 0 Å². The Kier molecular flexibility index (Phi) is 2.00. The summed E-state index contributed by atoms with van der Waals surface area (Å²) < 4.78 is -1.35. The average Bonchev–Trinajstić information content (AvgIpc) is 1.77. The quantitative estimate of drug-likeness (QED) is 0.298. The third kappa shape index (κ3) is 1.58. The molecular weight excluding hydrogens is 138 g/mol. The normalized spacial score (nSPS) is 34.3. The maximum atomic E-state index is 10.8. The fourth-order valence-corrected chi connectivity index (χ4v) is 1.77. The SMILES string of the molecule is CC1CCCS[N+]1([O-])[O-]. The molecule has 1 atom stereocenters. The van der Waals surface area contributed by atoms with E-state index >= 15 is 0 Å². The standard InChI is InChI=1S/C5H10NO2S/c1-5-3-2-4-9-6(5,7)8/h5H,2-4H2,1H3/q-1. The van der Waals surface area contributed by atoms with Gasteiger partial charge >= 0.3 is 0 Å². The van der Waals surface area contributed by atoms with Crippen molar-refractivity contribution in [3.05, 3.63) is 10.4 Å². The summed E-state index contributed by atoms with van der Waals surface area (Å²) in [6, 6.07) is -0.260. The van der Waals surface area contributed by atoms with Crippen LogP contribution in [0, 0.1) is 10.4 Å². The van der Waals surface area contributed by atoms with E-state index in [0.717, 1.165) is 30.5 Å². The van der Waals surface area contributed by atoms with Gasteiger partial charge in [-0.2, -0.15) is 0 Å². The molecule has 0 aromatic carbocycles. The molecule has 1 aliphatic heterocycles. The van der Waals surface area contributed by atoms with Gasteiger partial charge in [0.2, 0.25) is 0 Å². The second-order valence-electron chi connectivity index (χ2n) is 2.36. The van der Waals surface area contributed by atoms with E-state index in [9.17, 15) is 10.4 Å². The lowest BCUT2D eigenvalue weighted by atomic mass is 10.2. The molecule has 0 spiro atoms. The molecule has 9 heavy (non-hydrogen) atoms. The molecule has 1 rings (SSSR count). The van der Waals surface area contributed by atoms with Crippen molar-refractivity contribution in [3.63, 3.8) is 0 Å². The highest BCUT2D eigenvalue weighted by molar-refractivity contribution is 7.93. The minimum absolute atomic E-state index is 0.260. The Labute approximate surface area is 58.9 Å². The number of quaternary nitrogens is 1. The Hall–Kier alpha value is 0.230. The summed E-state index contributed by atoms with van der Waals surface area (Å²) in [5.74, 6) is 0.720. The molecule has 1 heterocycles. The van der Waals surface area contributed by atoms with Gasteiger partial charge in [0.15, 0.2) is 0 Å². The maximum absolute atomic E-state index is 10.8. The number of nitrogens with zero attached hydrogens (tertiary/aromatic N) is 1. The molecule has 1 fully saturated rings. The second kappa shape index (κ2) is 2.46. The van der Waals surface area contributed by atoms with Gasteiger partial charge < -0.3 is 14.6 Å². The molecule has 0 aromatic heterocycles. The molecule has 0 bridgehead atoms. The van der Waals surface area contributed by atoms with Crippen molar-refractivity contribution in [1.82, 2.24) is 0 Å². The van der Waals surface area contributed by atoms with Crippen LogP contribution in [-0.2, 0) is 0 Å². The van der Waals surface area contributed by atoms with E-state index < -0.39 is 4.21 Å². The molecular formula is C5H10NO2S-. The molecule has 0 aliphatic carbocycles. The van der Waals surface area contributed by atoms with Crippen LogP contribution >= 0.6 is 11.9 Å². The van der Waals surface area contributed by atoms with E-state index in [4.69, 9.17) is 0 Å². The van der Waals surface area contributed by atoms with Crippen molar-refractivity contribution >= 4 is 11.9 Å². The Morgan fingerprint density at radius 1 is 1.56 bits per heavy atom. The third-order valence-corrected chi connectivity index (χ3v) is 2.77. The van der Waals surface area contributed by atoms with Crippen LogP contribution in [0.1, 0.15) is 19.8 Å². The van der Waals surface area contributed by atoms with Crippen molar-refractivity contribution < 1.29 is 4.21 Å². The molecule has 0 aromatic rings. The molecule has 0 N–H and O–H groups in total. The van der Waals surface area contributed by atoms with Gasteiger partial charge in [-0.05, 0) is 13.3 Å². The Balaban J connectivity index is 2.49. The first-order valence-corrected chi connectivity index (χ1v) is 4.02. The lowest BCUT2D eigenvalue weighted by molar-refractivity contribution is -0.716. The summed E-state index contributed by atoms with van der Waals surface area (Å²) in [5.41, 5.74) is 0. The summed E-state index contributed by atoms with van der Waals surface area (Å²) in [7, 11) is 0. The zero-order valence-electron chi connectivity index (χ0n) is 5.37. The predicted octanol–water partition coefficient (Wildman–Crippen LogP) is 1.63. The zero-order valence-corrected chi connectivity index (χ0v) is 6.19. The second-order valence-corrected chi connectivity index (χ2v) is 3.54. The summed E-state index contributed by atoms with van der Waals surface area (Å²) in [4.78, 5) is 0. The minimum atomic E-state index is -1.35. The van der Waals surface area contributed by atoms with Crippen molar-refractivity contribution in [1.29, 1.82) is 0 Å². The fraction of sp³-hybridized carbons (Fsp3) is 1.00. The molecule has 1 saturated heterocycles. The Morgan fingerprint density at radius 2 is 2.22 bits per heavy atom. The minimum Gasteiger partial charge on any atom is -0.619 e. The van der Waals surface area contributed by atoms with Gasteiger partial charge in [0, 0.05) is 12.2 Å². The van der Waals surface area contributed by atoms with Gasteiger partial charge in [0.25, 0.3) is 0 Å². The highest BCUT2D eigenvalue weighted by atomic mass is 32.2. The van der Waals surface area contributed by atoms with E-state index in [-0.39, 0.29) is 6.04 Å². The number of rotatable bonds is 0. The van der Waals surface area contributed by atoms with E-state index in [1.165, 1.54) is 0 Å². The third-order valence-electron chi connectivity index (χ3n) is 1.58. The highest BCUT2D eigenvalue weighted by Gasteiger charge is 2.21. The molecule has 0 radical (unpaired) electrons. The molecule has 0 amide bonds. The first-order chi connectivity index (χ1) is 4.13. The van der Waals surface area contributed by atoms with Crippen LogP contribution in [-0.4, -0.2) is 16.0 Å². The van der Waals surface area contributed by atoms with Gasteiger partial charge in [0.1, 0.15) is 0 Å². The van der Waals surface area contributed by atoms with Crippen LogP contribution in [0.4, 0.5) is 0 Å². The monoisotopic (exact) mass is 148 g/mol. The van der Waals surface area contributed by atoms with Gasteiger partial charge in [0.05, 0.1) is 18.0 Å². The molecule has 0 saturated carbocycles. The van der Waals surface area contributed by atoms with E-state index in [1.807, 2.05) is 0 Å². The topological polar surface area (TPSA) is 46.1 Å². The summed E-state index contributed by atoms with van der Waals surface area (Å²) >= 11 is 0.955. The van der Waals surface area contributed by atoms with E-state index in [2.05, 4.69) is 0 Å². The van der Waals surface area contributed by atoms with Crippen LogP contribution < -0.4 is 0 Å². The van der Waals surface area contributed by atoms with Gasteiger partial charge in [-0.15, -0.1) is 0 Å². The van der Waals surface area contributed by atoms with Crippen molar-refractivity contribution in [3.8, 4) is 0 Å². The molecule has 4 heteroatoms. The lowest BCUT2D eigenvalue weighted by Gasteiger charge is -2.51. The van der Waals surface area contributed by atoms with Gasteiger partial charge in [-0.3, -0.25) is 0 Å². The van der Waals surface area contributed by atoms with Crippen LogP contribution in [0.2, 0.25) is 0 Å². The highest BCUT2D eigenvalue weighted by Crippen LogP contribution is 2.31. The molecule has 54 valence electrons. The Bertz CT molecular complexity index is 107. The first kappa shape index (κ1) is 7.34. The number of hydrogen-bond acceptors (Lipinski definition) is 3. The summed E-state index contributed by atoms with van der Waals surface area (Å²) in [6.45, 7) is 1.71. The number of hydrogen-bond donors (Lipinski definition) is 0. The lowest BCUT2D eigenvalue weighted by Crippen LogP contribution is -2.40. The van der Waals surface area contributed by atoms with Crippen molar-refractivity contribution in [2.45, 2.75) is 25.8 Å². The predicted molar refractivity (Wildman–Crippen MR) is 38.1 cm³/mol. The summed E-state index contributed by atoms with van der Waals surface area (Å²) in [6.07, 6.45) is 1.79. The number of hydroxylamine groups is 2. The first-order valence-electron chi connectivity index (χ1n) is 3.08. The van der Waals surface area contributed by atoms with Crippen LogP contribution in [0.25, 0.3) is 0 Å². The van der Waals surface area contributed by atoms with Crippen molar-refractivity contribution in [2.75, 3.05) is 5.75 Å². The van der Waals surface area contributed by atoms with E-state index in [0.29, 0.717) is 0 Å². The summed E-state index contributed by atoms with van der Waals surface area (Å²) in [5, 5.41) is 21.6. The largest absolute Gasteiger partial charge is 0.619 e. The van der Waals surface area contributed by atoms with Gasteiger partial charge in [-0.25, -0.2) is 0 Å². The zero-order chi connectivity index (χ0) is 6.91. The average molecular weight is 148 g/mol. The molecule has 1 unspecified atom stereocenters. The smallest absolute Gasteiger partial charge is 0.0962 e. The van der Waals surface area contributed by atoms with Crippen LogP contribution in [0.5, 0.6) is 0 Å². The molecule has 1 aliphatic rings. The van der Waals surface area contributed by atoms with Crippen molar-refractivity contribution in [2.24, 2.45) is 0 Å².